The largest absolute Gasteiger partial charge is 0.504 e. The first-order chi connectivity index (χ1) is 11.5. The van der Waals surface area contributed by atoms with Crippen LogP contribution in [-0.2, 0) is 11.3 Å². The van der Waals surface area contributed by atoms with Crippen molar-refractivity contribution in [1.82, 2.24) is 5.32 Å². The Labute approximate surface area is 138 Å². The molecule has 126 valence electrons. The molecule has 0 unspecified atom stereocenters. The topological polar surface area (TPSA) is 58.6 Å². The molecule has 2 atom stereocenters. The fraction of sp³-hybridized carbons (Fsp3) is 0.278. The number of hydrogen-bond acceptors (Lipinski definition) is 3. The average molecular weight is 333 g/mol. The van der Waals surface area contributed by atoms with E-state index in [-0.39, 0.29) is 35.6 Å². The molecule has 1 amide bonds. The highest BCUT2D eigenvalue weighted by atomic mass is 19.1. The van der Waals surface area contributed by atoms with E-state index in [1.807, 2.05) is 0 Å². The molecule has 0 saturated heterocycles. The van der Waals surface area contributed by atoms with E-state index in [9.17, 15) is 18.7 Å². The lowest BCUT2D eigenvalue weighted by Crippen LogP contribution is -2.24. The van der Waals surface area contributed by atoms with Crippen LogP contribution in [-0.4, -0.2) is 18.1 Å². The Balaban J connectivity index is 1.59. The smallest absolute Gasteiger partial charge is 0.224 e. The minimum Gasteiger partial charge on any atom is -0.504 e. The molecule has 24 heavy (non-hydrogen) atoms. The van der Waals surface area contributed by atoms with Gasteiger partial charge in [-0.25, -0.2) is 8.78 Å². The summed E-state index contributed by atoms with van der Waals surface area (Å²) in [4.78, 5) is 12.2. The number of hydrogen-bond donors (Lipinski definition) is 2. The van der Waals surface area contributed by atoms with Crippen molar-refractivity contribution < 1.29 is 23.4 Å². The molecule has 0 radical (unpaired) electrons. The summed E-state index contributed by atoms with van der Waals surface area (Å²) in [5.41, 5.74) is 0.966. The summed E-state index contributed by atoms with van der Waals surface area (Å²) in [6.07, 6.45) is 0.500. The lowest BCUT2D eigenvalue weighted by atomic mass is 10.1. The Morgan fingerprint density at radius 1 is 1.29 bits per heavy atom. The number of rotatable bonds is 5. The standard InChI is InChI=1S/C18H17F2NO3/c1-24-17-5-2-10(6-16(17)22)9-21-18(23)14-8-12(14)13-7-11(19)3-4-15(13)20/h2-7,12,14,22H,8-9H2,1H3,(H,21,23)/t12-,14-/m1/s1. The lowest BCUT2D eigenvalue weighted by molar-refractivity contribution is -0.122. The average Bonchev–Trinajstić information content (AvgIpc) is 3.35. The van der Waals surface area contributed by atoms with E-state index in [0.717, 1.165) is 23.8 Å². The van der Waals surface area contributed by atoms with E-state index in [1.165, 1.54) is 13.2 Å². The molecule has 3 rings (SSSR count). The third-order valence-electron chi connectivity index (χ3n) is 4.19. The number of nitrogens with one attached hydrogen (secondary N) is 1. The van der Waals surface area contributed by atoms with Crippen molar-refractivity contribution in [3.8, 4) is 11.5 Å². The van der Waals surface area contributed by atoms with Gasteiger partial charge >= 0.3 is 0 Å². The summed E-state index contributed by atoms with van der Waals surface area (Å²) in [6.45, 7) is 0.241. The SMILES string of the molecule is COc1ccc(CNC(=O)[C@@H]2C[C@@H]2c2cc(F)ccc2F)cc1O. The van der Waals surface area contributed by atoms with Gasteiger partial charge in [0, 0.05) is 12.5 Å². The Morgan fingerprint density at radius 3 is 2.79 bits per heavy atom. The van der Waals surface area contributed by atoms with Gasteiger partial charge in [-0.15, -0.1) is 0 Å². The van der Waals surface area contributed by atoms with Crippen LogP contribution in [0.5, 0.6) is 11.5 Å². The van der Waals surface area contributed by atoms with Gasteiger partial charge in [0.2, 0.25) is 5.91 Å². The summed E-state index contributed by atoms with van der Waals surface area (Å²) in [5.74, 6) is -1.50. The Kier molecular flexibility index (Phi) is 4.38. The number of phenols is 1. The fourth-order valence-corrected chi connectivity index (χ4v) is 2.79. The van der Waals surface area contributed by atoms with E-state index in [1.54, 1.807) is 12.1 Å². The van der Waals surface area contributed by atoms with Crippen molar-refractivity contribution in [3.63, 3.8) is 0 Å². The van der Waals surface area contributed by atoms with Gasteiger partial charge in [-0.05, 0) is 53.8 Å². The first-order valence-electron chi connectivity index (χ1n) is 7.58. The number of methoxy groups -OCH3 is 1. The second kappa shape index (κ2) is 6.47. The van der Waals surface area contributed by atoms with Gasteiger partial charge in [0.15, 0.2) is 11.5 Å². The number of carbonyl (C=O) groups excluding carboxylic acids is 1. The zero-order valence-electron chi connectivity index (χ0n) is 13.1. The van der Waals surface area contributed by atoms with E-state index in [4.69, 9.17) is 4.74 Å². The quantitative estimate of drug-likeness (QED) is 0.884. The molecule has 0 heterocycles. The van der Waals surface area contributed by atoms with Crippen molar-refractivity contribution in [2.75, 3.05) is 7.11 Å². The third-order valence-corrected chi connectivity index (χ3v) is 4.19. The predicted molar refractivity (Wildman–Crippen MR) is 83.7 cm³/mol. The van der Waals surface area contributed by atoms with Crippen LogP contribution in [0.3, 0.4) is 0 Å². The molecule has 0 spiro atoms. The summed E-state index contributed by atoms with van der Waals surface area (Å²) in [7, 11) is 1.45. The molecule has 0 aromatic heterocycles. The maximum atomic E-state index is 13.7. The van der Waals surface area contributed by atoms with Crippen molar-refractivity contribution in [1.29, 1.82) is 0 Å². The number of benzene rings is 2. The number of halogens is 2. The lowest BCUT2D eigenvalue weighted by Gasteiger charge is -2.08. The second-order valence-electron chi connectivity index (χ2n) is 5.84. The van der Waals surface area contributed by atoms with Crippen LogP contribution in [0.1, 0.15) is 23.5 Å². The minimum absolute atomic E-state index is 0.00428. The first-order valence-corrected chi connectivity index (χ1v) is 7.58. The van der Waals surface area contributed by atoms with Crippen molar-refractivity contribution in [3.05, 3.63) is 59.2 Å². The van der Waals surface area contributed by atoms with Gasteiger partial charge in [-0.1, -0.05) is 6.07 Å². The number of carbonyl (C=O) groups is 1. The molecule has 2 aromatic carbocycles. The molecule has 4 nitrogen and oxygen atoms in total. The van der Waals surface area contributed by atoms with Crippen molar-refractivity contribution in [2.24, 2.45) is 5.92 Å². The highest BCUT2D eigenvalue weighted by molar-refractivity contribution is 5.82. The molecule has 1 fully saturated rings. The van der Waals surface area contributed by atoms with Crippen LogP contribution in [0.4, 0.5) is 8.78 Å². The number of amides is 1. The summed E-state index contributed by atoms with van der Waals surface area (Å²) in [5, 5.41) is 12.5. The van der Waals surface area contributed by atoms with Gasteiger partial charge < -0.3 is 15.2 Å². The van der Waals surface area contributed by atoms with Gasteiger partial charge in [0.05, 0.1) is 7.11 Å². The predicted octanol–water partition coefficient (Wildman–Crippen LogP) is 3.10. The first kappa shape index (κ1) is 16.2. The van der Waals surface area contributed by atoms with Crippen molar-refractivity contribution in [2.45, 2.75) is 18.9 Å². The maximum absolute atomic E-state index is 13.7. The molecule has 0 aliphatic heterocycles. The molecule has 1 aliphatic rings. The Morgan fingerprint density at radius 2 is 2.08 bits per heavy atom. The van der Waals surface area contributed by atoms with Crippen LogP contribution in [0.25, 0.3) is 0 Å². The number of phenolic OH excluding ortho intramolecular Hbond substituents is 1. The van der Waals surface area contributed by atoms with E-state index in [0.29, 0.717) is 12.2 Å². The van der Waals surface area contributed by atoms with Crippen LogP contribution < -0.4 is 10.1 Å². The normalized spacial score (nSPS) is 19.0. The molecular weight excluding hydrogens is 316 g/mol. The monoisotopic (exact) mass is 333 g/mol. The zero-order valence-corrected chi connectivity index (χ0v) is 13.1. The van der Waals surface area contributed by atoms with Gasteiger partial charge in [0.1, 0.15) is 11.6 Å². The molecule has 0 bridgehead atoms. The molecule has 2 aromatic rings. The van der Waals surface area contributed by atoms with Crippen LogP contribution >= 0.6 is 0 Å². The van der Waals surface area contributed by atoms with Crippen LogP contribution in [0, 0.1) is 17.6 Å². The summed E-state index contributed by atoms with van der Waals surface area (Å²) in [6, 6.07) is 8.14. The summed E-state index contributed by atoms with van der Waals surface area (Å²) >= 11 is 0. The molecular formula is C18H17F2NO3. The van der Waals surface area contributed by atoms with Crippen molar-refractivity contribution >= 4 is 5.91 Å². The van der Waals surface area contributed by atoms with E-state index in [2.05, 4.69) is 5.32 Å². The molecule has 1 saturated carbocycles. The molecule has 1 aliphatic carbocycles. The van der Waals surface area contributed by atoms with Crippen LogP contribution in [0.15, 0.2) is 36.4 Å². The van der Waals surface area contributed by atoms with E-state index >= 15 is 0 Å². The van der Waals surface area contributed by atoms with Gasteiger partial charge in [-0.3, -0.25) is 4.79 Å². The molecule has 6 heteroatoms. The number of ether oxygens (including phenoxy) is 1. The zero-order chi connectivity index (χ0) is 17.3. The number of aromatic hydroxyl groups is 1. The summed E-state index contributed by atoms with van der Waals surface area (Å²) < 4.78 is 31.9. The Bertz CT molecular complexity index is 779. The van der Waals surface area contributed by atoms with Crippen LogP contribution in [0.2, 0.25) is 0 Å². The highest BCUT2D eigenvalue weighted by Gasteiger charge is 2.45. The molecule has 2 N–H and O–H groups in total. The van der Waals surface area contributed by atoms with E-state index < -0.39 is 11.6 Å². The third kappa shape index (κ3) is 3.32. The highest BCUT2D eigenvalue weighted by Crippen LogP contribution is 2.48. The second-order valence-corrected chi connectivity index (χ2v) is 5.84. The van der Waals surface area contributed by atoms with Gasteiger partial charge in [-0.2, -0.15) is 0 Å². The fourth-order valence-electron chi connectivity index (χ4n) is 2.79. The maximum Gasteiger partial charge on any atom is 0.224 e. The van der Waals surface area contributed by atoms with Gasteiger partial charge in [0.25, 0.3) is 0 Å². The minimum atomic E-state index is -0.508. The Hall–Kier alpha value is -2.63.